The van der Waals surface area contributed by atoms with Crippen LogP contribution in [0.1, 0.15) is 60.3 Å². The highest BCUT2D eigenvalue weighted by molar-refractivity contribution is 5.76. The van der Waals surface area contributed by atoms with Gasteiger partial charge in [-0.15, -0.1) is 0 Å². The molecule has 0 aromatic rings. The molecule has 0 spiro atoms. The minimum atomic E-state index is 0.313. The van der Waals surface area contributed by atoms with E-state index in [1.54, 1.807) is 0 Å². The third-order valence-electron chi connectivity index (χ3n) is 4.67. The molecule has 1 aliphatic rings. The summed E-state index contributed by atoms with van der Waals surface area (Å²) in [5, 5.41) is 0. The molecule has 0 aromatic carbocycles. The molecule has 118 valence electrons. The Labute approximate surface area is 125 Å². The van der Waals surface area contributed by atoms with Gasteiger partial charge < -0.3 is 10.6 Å². The van der Waals surface area contributed by atoms with E-state index in [0.717, 1.165) is 38.3 Å². The van der Waals surface area contributed by atoms with Crippen molar-refractivity contribution in [2.45, 2.75) is 60.3 Å². The number of piperidine rings is 1. The van der Waals surface area contributed by atoms with Gasteiger partial charge in [0.05, 0.1) is 0 Å². The van der Waals surface area contributed by atoms with Crippen molar-refractivity contribution >= 4 is 5.91 Å². The van der Waals surface area contributed by atoms with E-state index in [9.17, 15) is 4.79 Å². The zero-order valence-electron chi connectivity index (χ0n) is 14.1. The van der Waals surface area contributed by atoms with E-state index in [0.29, 0.717) is 36.1 Å². The van der Waals surface area contributed by atoms with Crippen molar-refractivity contribution in [3.05, 3.63) is 0 Å². The van der Waals surface area contributed by atoms with E-state index in [1.807, 2.05) is 0 Å². The number of hydrogen-bond acceptors (Lipinski definition) is 2. The molecule has 1 heterocycles. The van der Waals surface area contributed by atoms with Gasteiger partial charge in [-0.05, 0) is 49.0 Å². The summed E-state index contributed by atoms with van der Waals surface area (Å²) < 4.78 is 0. The third kappa shape index (κ3) is 5.43. The molecule has 2 N–H and O–H groups in total. The van der Waals surface area contributed by atoms with Crippen LogP contribution < -0.4 is 5.73 Å². The second-order valence-electron chi connectivity index (χ2n) is 7.96. The van der Waals surface area contributed by atoms with Crippen molar-refractivity contribution < 1.29 is 4.79 Å². The van der Waals surface area contributed by atoms with Gasteiger partial charge in [0, 0.05) is 19.5 Å². The Morgan fingerprint density at radius 2 is 1.80 bits per heavy atom. The van der Waals surface area contributed by atoms with Crippen molar-refractivity contribution in [1.82, 2.24) is 4.90 Å². The second-order valence-corrected chi connectivity index (χ2v) is 7.96. The van der Waals surface area contributed by atoms with Crippen LogP contribution in [-0.4, -0.2) is 30.4 Å². The maximum Gasteiger partial charge on any atom is 0.222 e. The van der Waals surface area contributed by atoms with Gasteiger partial charge in [-0.2, -0.15) is 0 Å². The van der Waals surface area contributed by atoms with E-state index < -0.39 is 0 Å². The van der Waals surface area contributed by atoms with Crippen molar-refractivity contribution in [1.29, 1.82) is 0 Å². The number of amides is 1. The molecule has 1 amide bonds. The predicted octanol–water partition coefficient (Wildman–Crippen LogP) is 3.28. The van der Waals surface area contributed by atoms with Gasteiger partial charge in [0.1, 0.15) is 0 Å². The fourth-order valence-corrected chi connectivity index (χ4v) is 3.30. The fraction of sp³-hybridized carbons (Fsp3) is 0.941. The number of carbonyl (C=O) groups excluding carboxylic acids is 1. The lowest BCUT2D eigenvalue weighted by atomic mass is 9.75. The van der Waals surface area contributed by atoms with Crippen LogP contribution in [0.5, 0.6) is 0 Å². The van der Waals surface area contributed by atoms with Gasteiger partial charge in [-0.1, -0.05) is 34.6 Å². The van der Waals surface area contributed by atoms with E-state index in [1.165, 1.54) is 0 Å². The summed E-state index contributed by atoms with van der Waals surface area (Å²) in [6.45, 7) is 13.8. The quantitative estimate of drug-likeness (QED) is 0.841. The Kier molecular flexibility index (Phi) is 6.50. The van der Waals surface area contributed by atoms with E-state index >= 15 is 0 Å². The lowest BCUT2D eigenvalue weighted by molar-refractivity contribution is -0.134. The molecular weight excluding hydrogens is 248 g/mol. The smallest absolute Gasteiger partial charge is 0.222 e. The van der Waals surface area contributed by atoms with Crippen LogP contribution in [0, 0.1) is 23.2 Å². The van der Waals surface area contributed by atoms with E-state index in [2.05, 4.69) is 39.5 Å². The molecule has 0 saturated carbocycles. The molecule has 0 radical (unpaired) electrons. The van der Waals surface area contributed by atoms with E-state index in [-0.39, 0.29) is 0 Å². The molecule has 0 unspecified atom stereocenters. The summed E-state index contributed by atoms with van der Waals surface area (Å²) in [4.78, 5) is 14.4. The average Bonchev–Trinajstić information content (AvgIpc) is 2.36. The Balaban J connectivity index is 2.42. The molecule has 20 heavy (non-hydrogen) atoms. The fourth-order valence-electron chi connectivity index (χ4n) is 3.30. The molecule has 3 nitrogen and oxygen atoms in total. The van der Waals surface area contributed by atoms with Crippen LogP contribution in [0.2, 0.25) is 0 Å². The number of nitrogens with zero attached hydrogens (tertiary/aromatic N) is 1. The molecular formula is C17H34N2O. The first-order valence-electron chi connectivity index (χ1n) is 8.21. The second kappa shape index (κ2) is 7.44. The van der Waals surface area contributed by atoms with Crippen molar-refractivity contribution in [3.63, 3.8) is 0 Å². The number of carbonyl (C=O) groups is 1. The zero-order valence-corrected chi connectivity index (χ0v) is 14.1. The van der Waals surface area contributed by atoms with Gasteiger partial charge in [-0.25, -0.2) is 0 Å². The van der Waals surface area contributed by atoms with Crippen LogP contribution in [0.25, 0.3) is 0 Å². The highest BCUT2D eigenvalue weighted by atomic mass is 16.2. The molecule has 0 bridgehead atoms. The van der Waals surface area contributed by atoms with Crippen molar-refractivity contribution in [2.75, 3.05) is 19.6 Å². The first-order valence-corrected chi connectivity index (χ1v) is 8.21. The maximum atomic E-state index is 12.4. The largest absolute Gasteiger partial charge is 0.343 e. The normalized spacial score (nSPS) is 19.4. The van der Waals surface area contributed by atoms with Crippen LogP contribution in [0.3, 0.4) is 0 Å². The zero-order chi connectivity index (χ0) is 15.3. The topological polar surface area (TPSA) is 46.3 Å². The van der Waals surface area contributed by atoms with Crippen LogP contribution in [0.15, 0.2) is 0 Å². The van der Waals surface area contributed by atoms with Gasteiger partial charge in [0.15, 0.2) is 0 Å². The number of rotatable bonds is 5. The van der Waals surface area contributed by atoms with Crippen LogP contribution in [0.4, 0.5) is 0 Å². The molecule has 0 aliphatic carbocycles. The lowest BCUT2D eigenvalue weighted by Crippen LogP contribution is -2.42. The lowest BCUT2D eigenvalue weighted by Gasteiger charge is -2.39. The molecule has 1 rings (SSSR count). The Morgan fingerprint density at radius 3 is 2.20 bits per heavy atom. The molecule has 1 saturated heterocycles. The summed E-state index contributed by atoms with van der Waals surface area (Å²) in [7, 11) is 0. The monoisotopic (exact) mass is 282 g/mol. The number of likely N-dealkylation sites (tertiary alicyclic amines) is 1. The first kappa shape index (κ1) is 17.5. The molecule has 3 heteroatoms. The highest BCUT2D eigenvalue weighted by Gasteiger charge is 2.30. The standard InChI is InChI=1S/C17H34N2O/c1-13(2)10-14(12-18)11-16(20)19-8-6-15(7-9-19)17(3,4)5/h13-15H,6-12,18H2,1-5H3/t14-/m0/s1. The van der Waals surface area contributed by atoms with Crippen molar-refractivity contribution in [3.8, 4) is 0 Å². The number of hydrogen-bond donors (Lipinski definition) is 1. The maximum absolute atomic E-state index is 12.4. The minimum absolute atomic E-state index is 0.313. The molecule has 1 aliphatic heterocycles. The van der Waals surface area contributed by atoms with Gasteiger partial charge in [0.2, 0.25) is 5.91 Å². The van der Waals surface area contributed by atoms with E-state index in [4.69, 9.17) is 5.73 Å². The van der Waals surface area contributed by atoms with Crippen LogP contribution in [-0.2, 0) is 4.79 Å². The predicted molar refractivity (Wildman–Crippen MR) is 85.4 cm³/mol. The summed E-state index contributed by atoms with van der Waals surface area (Å²) in [5.74, 6) is 2.02. The molecule has 1 fully saturated rings. The summed E-state index contributed by atoms with van der Waals surface area (Å²) in [6.07, 6.45) is 3.98. The van der Waals surface area contributed by atoms with Gasteiger partial charge >= 0.3 is 0 Å². The summed E-state index contributed by atoms with van der Waals surface area (Å²) in [5.41, 5.74) is 6.17. The van der Waals surface area contributed by atoms with Gasteiger partial charge in [-0.3, -0.25) is 4.79 Å². The average molecular weight is 282 g/mol. The SMILES string of the molecule is CC(C)C[C@H](CN)CC(=O)N1CCC(C(C)(C)C)CC1. The highest BCUT2D eigenvalue weighted by Crippen LogP contribution is 2.34. The van der Waals surface area contributed by atoms with Gasteiger partial charge in [0.25, 0.3) is 0 Å². The summed E-state index contributed by atoms with van der Waals surface area (Å²) >= 11 is 0. The Morgan fingerprint density at radius 1 is 1.25 bits per heavy atom. The minimum Gasteiger partial charge on any atom is -0.343 e. The molecule has 1 atom stereocenters. The van der Waals surface area contributed by atoms with Crippen molar-refractivity contribution in [2.24, 2.45) is 28.9 Å². The van der Waals surface area contributed by atoms with Crippen LogP contribution >= 0.6 is 0 Å². The Bertz CT molecular complexity index is 299. The first-order chi connectivity index (χ1) is 9.24. The molecule has 0 aromatic heterocycles. The Hall–Kier alpha value is -0.570. The summed E-state index contributed by atoms with van der Waals surface area (Å²) in [6, 6.07) is 0. The number of nitrogens with two attached hydrogens (primary N) is 1. The third-order valence-corrected chi connectivity index (χ3v) is 4.67.